The van der Waals surface area contributed by atoms with Crippen molar-refractivity contribution in [2.75, 3.05) is 32.8 Å². The lowest BCUT2D eigenvalue weighted by molar-refractivity contribution is -0.129. The van der Waals surface area contributed by atoms with E-state index in [0.29, 0.717) is 12.6 Å². The van der Waals surface area contributed by atoms with Gasteiger partial charge in [-0.15, -0.1) is 0 Å². The third kappa shape index (κ3) is 5.83. The van der Waals surface area contributed by atoms with Crippen LogP contribution in [0.1, 0.15) is 46.0 Å². The number of carbonyl (C=O) groups excluding carboxylic acids is 1. The summed E-state index contributed by atoms with van der Waals surface area (Å²) in [5.74, 6) is 0.178. The Morgan fingerprint density at radius 3 is 2.50 bits per heavy atom. The molecule has 1 N–H and O–H groups in total. The molecule has 1 fully saturated rings. The zero-order chi connectivity index (χ0) is 13.2. The summed E-state index contributed by atoms with van der Waals surface area (Å²) >= 11 is 0. The average molecular weight is 256 g/mol. The third-order valence-electron chi connectivity index (χ3n) is 3.58. The molecule has 0 saturated heterocycles. The first-order valence-electron chi connectivity index (χ1n) is 7.38. The first-order chi connectivity index (χ1) is 8.77. The summed E-state index contributed by atoms with van der Waals surface area (Å²) in [7, 11) is 0. The van der Waals surface area contributed by atoms with E-state index in [1.165, 1.54) is 32.1 Å². The van der Waals surface area contributed by atoms with Gasteiger partial charge in [-0.1, -0.05) is 19.3 Å². The number of nitrogens with zero attached hydrogens (tertiary/aromatic N) is 1. The molecule has 1 saturated carbocycles. The molecule has 18 heavy (non-hydrogen) atoms. The summed E-state index contributed by atoms with van der Waals surface area (Å²) in [6.07, 6.45) is 6.84. The zero-order valence-corrected chi connectivity index (χ0v) is 11.9. The molecule has 4 nitrogen and oxygen atoms in total. The van der Waals surface area contributed by atoms with Gasteiger partial charge >= 0.3 is 0 Å². The van der Waals surface area contributed by atoms with Crippen LogP contribution in [-0.4, -0.2) is 49.7 Å². The van der Waals surface area contributed by atoms with Crippen molar-refractivity contribution in [3.63, 3.8) is 0 Å². The summed E-state index contributed by atoms with van der Waals surface area (Å²) < 4.78 is 5.79. The summed E-state index contributed by atoms with van der Waals surface area (Å²) in [6, 6.07) is 0. The molecule has 0 bridgehead atoms. The molecule has 0 aromatic rings. The second-order valence-corrected chi connectivity index (χ2v) is 4.87. The van der Waals surface area contributed by atoms with Gasteiger partial charge in [0.25, 0.3) is 0 Å². The van der Waals surface area contributed by atoms with Crippen LogP contribution in [0.25, 0.3) is 0 Å². The lowest BCUT2D eigenvalue weighted by Gasteiger charge is -2.22. The van der Waals surface area contributed by atoms with Crippen molar-refractivity contribution in [2.45, 2.75) is 52.1 Å². The Morgan fingerprint density at radius 2 is 1.89 bits per heavy atom. The van der Waals surface area contributed by atoms with Crippen LogP contribution in [0.4, 0.5) is 0 Å². The summed E-state index contributed by atoms with van der Waals surface area (Å²) in [4.78, 5) is 13.5. The lowest BCUT2D eigenvalue weighted by atomic mass is 9.98. The van der Waals surface area contributed by atoms with Crippen molar-refractivity contribution in [1.82, 2.24) is 10.2 Å². The van der Waals surface area contributed by atoms with E-state index in [1.807, 2.05) is 18.7 Å². The minimum absolute atomic E-state index is 0.178. The maximum absolute atomic E-state index is 11.7. The number of hydrogen-bond acceptors (Lipinski definition) is 3. The molecule has 106 valence electrons. The van der Waals surface area contributed by atoms with Crippen LogP contribution in [-0.2, 0) is 9.53 Å². The van der Waals surface area contributed by atoms with Crippen LogP contribution in [0, 0.1) is 0 Å². The fourth-order valence-electron chi connectivity index (χ4n) is 2.41. The minimum Gasteiger partial charge on any atom is -0.377 e. The highest BCUT2D eigenvalue weighted by atomic mass is 16.5. The van der Waals surface area contributed by atoms with Gasteiger partial charge in [0.05, 0.1) is 19.3 Å². The fraction of sp³-hybridized carbons (Fsp3) is 0.929. The van der Waals surface area contributed by atoms with Gasteiger partial charge in [0.15, 0.2) is 0 Å². The first-order valence-corrected chi connectivity index (χ1v) is 7.38. The Hall–Kier alpha value is -0.610. The molecule has 0 heterocycles. The molecule has 1 amide bonds. The van der Waals surface area contributed by atoms with E-state index in [2.05, 4.69) is 5.32 Å². The van der Waals surface area contributed by atoms with Crippen molar-refractivity contribution in [2.24, 2.45) is 0 Å². The Labute approximate surface area is 111 Å². The molecule has 0 atom stereocenters. The maximum atomic E-state index is 11.7. The van der Waals surface area contributed by atoms with Crippen molar-refractivity contribution in [1.29, 1.82) is 0 Å². The third-order valence-corrected chi connectivity index (χ3v) is 3.58. The van der Waals surface area contributed by atoms with Crippen molar-refractivity contribution < 1.29 is 9.53 Å². The number of rotatable bonds is 8. The van der Waals surface area contributed by atoms with E-state index >= 15 is 0 Å². The van der Waals surface area contributed by atoms with Gasteiger partial charge in [0.1, 0.15) is 0 Å². The van der Waals surface area contributed by atoms with Gasteiger partial charge in [-0.05, 0) is 26.7 Å². The van der Waals surface area contributed by atoms with Crippen LogP contribution in [0.15, 0.2) is 0 Å². The molecule has 0 aliphatic heterocycles. The molecule has 0 aromatic heterocycles. The molecule has 4 heteroatoms. The number of likely N-dealkylation sites (N-methyl/N-ethyl adjacent to an activating group) is 1. The van der Waals surface area contributed by atoms with E-state index < -0.39 is 0 Å². The molecule has 1 aliphatic rings. The number of carbonyl (C=O) groups is 1. The Kier molecular flexibility index (Phi) is 8.01. The number of nitrogens with one attached hydrogen (secondary N) is 1. The Morgan fingerprint density at radius 1 is 1.22 bits per heavy atom. The largest absolute Gasteiger partial charge is 0.377 e. The van der Waals surface area contributed by atoms with Crippen LogP contribution in [0.5, 0.6) is 0 Å². The fourth-order valence-corrected chi connectivity index (χ4v) is 2.41. The van der Waals surface area contributed by atoms with Crippen molar-refractivity contribution in [3.8, 4) is 0 Å². The predicted octanol–water partition coefficient (Wildman–Crippen LogP) is 1.79. The molecule has 0 aromatic carbocycles. The molecule has 0 spiro atoms. The van der Waals surface area contributed by atoms with E-state index in [1.54, 1.807) is 0 Å². The van der Waals surface area contributed by atoms with Gasteiger partial charge in [0.2, 0.25) is 5.91 Å². The molecular weight excluding hydrogens is 228 g/mol. The molecule has 0 unspecified atom stereocenters. The van der Waals surface area contributed by atoms with Gasteiger partial charge in [-0.25, -0.2) is 0 Å². The van der Waals surface area contributed by atoms with Gasteiger partial charge in [-0.2, -0.15) is 0 Å². The quantitative estimate of drug-likeness (QED) is 0.673. The standard InChI is InChI=1S/C14H28N2O2/c1-3-16(4-2)14(17)12-15-10-11-18-13-8-6-5-7-9-13/h13,15H,3-12H2,1-2H3. The predicted molar refractivity (Wildman–Crippen MR) is 73.6 cm³/mol. The normalized spacial score (nSPS) is 16.8. The van der Waals surface area contributed by atoms with Crippen LogP contribution < -0.4 is 5.32 Å². The lowest BCUT2D eigenvalue weighted by Crippen LogP contribution is -2.39. The topological polar surface area (TPSA) is 41.6 Å². The van der Waals surface area contributed by atoms with Gasteiger partial charge < -0.3 is 15.0 Å². The van der Waals surface area contributed by atoms with Crippen LogP contribution in [0.2, 0.25) is 0 Å². The van der Waals surface area contributed by atoms with E-state index in [9.17, 15) is 4.79 Å². The highest BCUT2D eigenvalue weighted by molar-refractivity contribution is 5.78. The van der Waals surface area contributed by atoms with Gasteiger partial charge in [-0.3, -0.25) is 4.79 Å². The summed E-state index contributed by atoms with van der Waals surface area (Å²) in [5, 5.41) is 3.16. The monoisotopic (exact) mass is 256 g/mol. The van der Waals surface area contributed by atoms with Crippen LogP contribution in [0.3, 0.4) is 0 Å². The second kappa shape index (κ2) is 9.34. The highest BCUT2D eigenvalue weighted by Gasteiger charge is 2.13. The number of ether oxygens (including phenoxy) is 1. The van der Waals surface area contributed by atoms with Crippen molar-refractivity contribution >= 4 is 5.91 Å². The second-order valence-electron chi connectivity index (χ2n) is 4.87. The van der Waals surface area contributed by atoms with E-state index in [0.717, 1.165) is 26.2 Å². The van der Waals surface area contributed by atoms with E-state index in [-0.39, 0.29) is 5.91 Å². The van der Waals surface area contributed by atoms with Crippen molar-refractivity contribution in [3.05, 3.63) is 0 Å². The smallest absolute Gasteiger partial charge is 0.236 e. The Balaban J connectivity index is 1.99. The summed E-state index contributed by atoms with van der Waals surface area (Å²) in [5.41, 5.74) is 0. The minimum atomic E-state index is 0.178. The number of amides is 1. The summed E-state index contributed by atoms with van der Waals surface area (Å²) in [6.45, 7) is 7.50. The zero-order valence-electron chi connectivity index (χ0n) is 11.9. The van der Waals surface area contributed by atoms with Crippen LogP contribution >= 0.6 is 0 Å². The van der Waals surface area contributed by atoms with E-state index in [4.69, 9.17) is 4.74 Å². The average Bonchev–Trinajstić information content (AvgIpc) is 2.41. The van der Waals surface area contributed by atoms with Gasteiger partial charge in [0, 0.05) is 19.6 Å². The molecule has 1 rings (SSSR count). The Bertz CT molecular complexity index is 224. The first kappa shape index (κ1) is 15.4. The highest BCUT2D eigenvalue weighted by Crippen LogP contribution is 2.19. The SMILES string of the molecule is CCN(CC)C(=O)CNCCOC1CCCCC1. The molecule has 1 aliphatic carbocycles. The molecule has 0 radical (unpaired) electrons. The maximum Gasteiger partial charge on any atom is 0.236 e. The number of hydrogen-bond donors (Lipinski definition) is 1. The molecular formula is C14H28N2O2.